The van der Waals surface area contributed by atoms with Gasteiger partial charge in [-0.15, -0.1) is 0 Å². The molecule has 0 aromatic carbocycles. The van der Waals surface area contributed by atoms with Gasteiger partial charge in [0, 0.05) is 12.1 Å². The quantitative estimate of drug-likeness (QED) is 0.609. The van der Waals surface area contributed by atoms with E-state index in [-0.39, 0.29) is 12.1 Å². The summed E-state index contributed by atoms with van der Waals surface area (Å²) in [6.07, 6.45) is 2.28. The van der Waals surface area contributed by atoms with Crippen LogP contribution in [0, 0.1) is 17.0 Å². The van der Waals surface area contributed by atoms with E-state index in [4.69, 9.17) is 5.11 Å². The average molecular weight is 282 g/mol. The van der Waals surface area contributed by atoms with Crippen LogP contribution in [0.25, 0.3) is 0 Å². The molecule has 1 heterocycles. The van der Waals surface area contributed by atoms with E-state index in [9.17, 15) is 14.9 Å². The summed E-state index contributed by atoms with van der Waals surface area (Å²) in [5.41, 5.74) is -0.316. The van der Waals surface area contributed by atoms with E-state index in [2.05, 4.69) is 10.4 Å². The number of carbonyl (C=O) groups is 1. The minimum absolute atomic E-state index is 0.0436. The van der Waals surface area contributed by atoms with E-state index in [1.807, 2.05) is 6.92 Å². The van der Waals surface area contributed by atoms with Crippen molar-refractivity contribution in [3.63, 3.8) is 0 Å². The van der Waals surface area contributed by atoms with Gasteiger partial charge in [0.2, 0.25) is 5.82 Å². The van der Waals surface area contributed by atoms with E-state index in [1.165, 1.54) is 4.68 Å². The second-order valence-corrected chi connectivity index (χ2v) is 5.18. The predicted molar refractivity (Wildman–Crippen MR) is 71.7 cm³/mol. The molecule has 0 unspecified atom stereocenters. The first-order valence-electron chi connectivity index (χ1n) is 6.60. The van der Waals surface area contributed by atoms with Crippen LogP contribution in [0.2, 0.25) is 0 Å². The van der Waals surface area contributed by atoms with Crippen LogP contribution >= 0.6 is 0 Å². The first-order chi connectivity index (χ1) is 9.38. The Morgan fingerprint density at radius 3 is 2.65 bits per heavy atom. The van der Waals surface area contributed by atoms with E-state index in [0.717, 1.165) is 6.42 Å². The largest absolute Gasteiger partial charge is 0.481 e. The Balaban J connectivity index is 2.36. The molecule has 0 radical (unpaired) electrons. The smallest absolute Gasteiger partial charge is 0.333 e. The number of nitrogens with zero attached hydrogens (tertiary/aromatic N) is 3. The van der Waals surface area contributed by atoms with Crippen LogP contribution in [0.15, 0.2) is 0 Å². The van der Waals surface area contributed by atoms with E-state index in [0.29, 0.717) is 30.9 Å². The molecule has 1 aromatic heterocycles. The number of nitrogens with one attached hydrogen (secondary N) is 1. The number of anilines is 1. The molecule has 1 aliphatic rings. The Hall–Kier alpha value is -2.12. The molecule has 1 fully saturated rings. The van der Waals surface area contributed by atoms with Crippen molar-refractivity contribution in [2.75, 3.05) is 5.32 Å². The molecule has 0 atom stereocenters. The van der Waals surface area contributed by atoms with Crippen LogP contribution < -0.4 is 5.32 Å². The monoisotopic (exact) mass is 282 g/mol. The van der Waals surface area contributed by atoms with E-state index >= 15 is 0 Å². The van der Waals surface area contributed by atoms with Crippen LogP contribution in [-0.2, 0) is 11.3 Å². The van der Waals surface area contributed by atoms with Gasteiger partial charge in [-0.05, 0) is 33.1 Å². The third-order valence-electron chi connectivity index (χ3n) is 3.76. The van der Waals surface area contributed by atoms with Crippen molar-refractivity contribution in [1.29, 1.82) is 0 Å². The molecule has 2 N–H and O–H groups in total. The molecular formula is C12H18N4O4. The van der Waals surface area contributed by atoms with E-state index < -0.39 is 16.4 Å². The molecule has 20 heavy (non-hydrogen) atoms. The first-order valence-corrected chi connectivity index (χ1v) is 6.60. The van der Waals surface area contributed by atoms with Crippen LogP contribution in [0.3, 0.4) is 0 Å². The van der Waals surface area contributed by atoms with Crippen LogP contribution in [-0.4, -0.2) is 31.3 Å². The molecule has 1 aliphatic carbocycles. The third kappa shape index (κ3) is 2.45. The summed E-state index contributed by atoms with van der Waals surface area (Å²) in [4.78, 5) is 21.7. The minimum Gasteiger partial charge on any atom is -0.481 e. The van der Waals surface area contributed by atoms with Crippen molar-refractivity contribution in [2.45, 2.75) is 51.6 Å². The SMILES string of the molecule is CCn1nc(C)c([N+](=O)[O-])c1NC1(CC(=O)O)CCC1. The number of rotatable bonds is 6. The predicted octanol–water partition coefficient (Wildman–Crippen LogP) is 1.93. The number of carboxylic acid groups (broad SMARTS) is 1. The lowest BCUT2D eigenvalue weighted by Crippen LogP contribution is -2.47. The molecule has 8 nitrogen and oxygen atoms in total. The molecule has 1 saturated carbocycles. The molecule has 0 bridgehead atoms. The fourth-order valence-corrected chi connectivity index (χ4v) is 2.63. The Morgan fingerprint density at radius 1 is 1.60 bits per heavy atom. The molecule has 0 amide bonds. The van der Waals surface area contributed by atoms with Gasteiger partial charge in [-0.3, -0.25) is 14.9 Å². The highest BCUT2D eigenvalue weighted by molar-refractivity contribution is 5.71. The first kappa shape index (κ1) is 14.3. The lowest BCUT2D eigenvalue weighted by Gasteiger charge is -2.41. The number of aryl methyl sites for hydroxylation is 2. The summed E-state index contributed by atoms with van der Waals surface area (Å²) in [6, 6.07) is 0. The zero-order valence-corrected chi connectivity index (χ0v) is 11.5. The van der Waals surface area contributed by atoms with Gasteiger partial charge >= 0.3 is 11.7 Å². The summed E-state index contributed by atoms with van der Waals surface area (Å²) < 4.78 is 1.52. The number of aliphatic carboxylic acids is 1. The topological polar surface area (TPSA) is 110 Å². The molecular weight excluding hydrogens is 264 g/mol. The molecule has 0 aliphatic heterocycles. The Morgan fingerprint density at radius 2 is 2.25 bits per heavy atom. The van der Waals surface area contributed by atoms with Gasteiger partial charge in [-0.2, -0.15) is 5.10 Å². The van der Waals surface area contributed by atoms with E-state index in [1.54, 1.807) is 6.92 Å². The number of hydrogen-bond donors (Lipinski definition) is 2. The van der Waals surface area contributed by atoms with Crippen molar-refractivity contribution < 1.29 is 14.8 Å². The molecule has 110 valence electrons. The summed E-state index contributed by atoms with van der Waals surface area (Å²) in [5, 5.41) is 27.4. The standard InChI is InChI=1S/C12H18N4O4/c1-3-15-11(10(16(19)20)8(2)14-15)13-12(5-4-6-12)7-9(17)18/h13H,3-7H2,1-2H3,(H,17,18). The Bertz CT molecular complexity index is 548. The Kier molecular flexibility index (Phi) is 3.65. The minimum atomic E-state index is -0.904. The second kappa shape index (κ2) is 5.10. The second-order valence-electron chi connectivity index (χ2n) is 5.18. The number of nitro groups is 1. The fourth-order valence-electron chi connectivity index (χ4n) is 2.63. The summed E-state index contributed by atoms with van der Waals surface area (Å²) in [5.74, 6) is -0.588. The molecule has 0 spiro atoms. The maximum absolute atomic E-state index is 11.2. The molecule has 2 rings (SSSR count). The zero-order chi connectivity index (χ0) is 14.9. The van der Waals surface area contributed by atoms with Gasteiger partial charge in [0.15, 0.2) is 0 Å². The average Bonchev–Trinajstić information content (AvgIpc) is 2.61. The highest BCUT2D eigenvalue weighted by Gasteiger charge is 2.41. The highest BCUT2D eigenvalue weighted by Crippen LogP contribution is 2.41. The number of hydrogen-bond acceptors (Lipinski definition) is 5. The fraction of sp³-hybridized carbons (Fsp3) is 0.667. The molecule has 8 heteroatoms. The van der Waals surface area contributed by atoms with Crippen LogP contribution in [0.1, 0.15) is 38.3 Å². The van der Waals surface area contributed by atoms with Gasteiger partial charge in [0.05, 0.1) is 11.3 Å². The van der Waals surface area contributed by atoms with Gasteiger partial charge in [-0.1, -0.05) is 0 Å². The number of carboxylic acids is 1. The summed E-state index contributed by atoms with van der Waals surface area (Å²) in [7, 11) is 0. The normalized spacial score (nSPS) is 16.5. The maximum atomic E-state index is 11.2. The van der Waals surface area contributed by atoms with Crippen LogP contribution in [0.5, 0.6) is 0 Å². The van der Waals surface area contributed by atoms with Crippen molar-refractivity contribution >= 4 is 17.5 Å². The molecule has 0 saturated heterocycles. The Labute approximate surface area is 115 Å². The van der Waals surface area contributed by atoms with Crippen molar-refractivity contribution in [3.8, 4) is 0 Å². The van der Waals surface area contributed by atoms with Crippen molar-refractivity contribution in [2.24, 2.45) is 0 Å². The summed E-state index contributed by atoms with van der Waals surface area (Å²) >= 11 is 0. The van der Waals surface area contributed by atoms with Gasteiger partial charge in [-0.25, -0.2) is 4.68 Å². The van der Waals surface area contributed by atoms with Gasteiger partial charge < -0.3 is 10.4 Å². The van der Waals surface area contributed by atoms with Gasteiger partial charge in [0.25, 0.3) is 0 Å². The number of aromatic nitrogens is 2. The third-order valence-corrected chi connectivity index (χ3v) is 3.76. The zero-order valence-electron chi connectivity index (χ0n) is 11.5. The van der Waals surface area contributed by atoms with Crippen LogP contribution in [0.4, 0.5) is 11.5 Å². The lowest BCUT2D eigenvalue weighted by molar-refractivity contribution is -0.384. The van der Waals surface area contributed by atoms with Crippen molar-refractivity contribution in [3.05, 3.63) is 15.8 Å². The lowest BCUT2D eigenvalue weighted by atomic mass is 9.74. The van der Waals surface area contributed by atoms with Gasteiger partial charge in [0.1, 0.15) is 5.69 Å². The highest BCUT2D eigenvalue weighted by atomic mass is 16.6. The van der Waals surface area contributed by atoms with Crippen molar-refractivity contribution in [1.82, 2.24) is 9.78 Å². The summed E-state index contributed by atoms with van der Waals surface area (Å²) in [6.45, 7) is 3.91. The molecule has 1 aromatic rings. The maximum Gasteiger partial charge on any atom is 0.333 e.